The van der Waals surface area contributed by atoms with Crippen LogP contribution in [-0.4, -0.2) is 72.8 Å². The molecule has 1 heterocycles. The lowest BCUT2D eigenvalue weighted by Crippen LogP contribution is -2.53. The molecule has 1 fully saturated rings. The second-order valence-electron chi connectivity index (χ2n) is 7.66. The van der Waals surface area contributed by atoms with Crippen LogP contribution in [0.5, 0.6) is 5.75 Å². The Morgan fingerprint density at radius 1 is 1.15 bits per heavy atom. The minimum absolute atomic E-state index is 0.295. The van der Waals surface area contributed by atoms with Crippen LogP contribution < -0.4 is 10.2 Å². The highest BCUT2D eigenvalue weighted by Crippen LogP contribution is 2.32. The monoisotopic (exact) mass is 419 g/mol. The van der Waals surface area contributed by atoms with Gasteiger partial charge >= 0.3 is 7.12 Å². The first-order valence-corrected chi connectivity index (χ1v) is 9.77. The number of ether oxygens (including phenoxy) is 2. The summed E-state index contributed by atoms with van der Waals surface area (Å²) in [6.07, 6.45) is 0. The van der Waals surface area contributed by atoms with Gasteiger partial charge in [-0.1, -0.05) is 23.2 Å². The molecule has 27 heavy (non-hydrogen) atoms. The van der Waals surface area contributed by atoms with Crippen molar-refractivity contribution < 1.29 is 24.3 Å². The number of rotatable bonds is 8. The molecule has 0 aromatic heterocycles. The first-order valence-electron chi connectivity index (χ1n) is 9.01. The third-order valence-electron chi connectivity index (χ3n) is 4.94. The molecule has 2 N–H and O–H groups in total. The lowest BCUT2D eigenvalue weighted by atomic mass is 9.76. The van der Waals surface area contributed by atoms with Gasteiger partial charge in [-0.2, -0.15) is 0 Å². The zero-order chi connectivity index (χ0) is 20.2. The van der Waals surface area contributed by atoms with Crippen molar-refractivity contribution >= 4 is 35.8 Å². The summed E-state index contributed by atoms with van der Waals surface area (Å²) in [7, 11) is -1.29. The van der Waals surface area contributed by atoms with Gasteiger partial charge in [0.1, 0.15) is 6.61 Å². The molecule has 2 rings (SSSR count). The molecular formula is C18H28BCl2NO5. The van der Waals surface area contributed by atoms with Gasteiger partial charge in [0.05, 0.1) is 34.5 Å². The SMILES string of the molecule is CC(C)(O)C(C)(C)OB(O)c1cc(Cl)c(OCCN2CCOCC2)c(Cl)c1. The van der Waals surface area contributed by atoms with Crippen LogP contribution in [0.3, 0.4) is 0 Å². The Kier molecular flexibility index (Phi) is 7.84. The van der Waals surface area contributed by atoms with Crippen LogP contribution >= 0.6 is 23.2 Å². The molecule has 0 atom stereocenters. The summed E-state index contributed by atoms with van der Waals surface area (Å²) in [5.41, 5.74) is -1.74. The predicted octanol–water partition coefficient (Wildman–Crippen LogP) is 1.96. The number of benzene rings is 1. The molecule has 1 saturated heterocycles. The molecular weight excluding hydrogens is 392 g/mol. The summed E-state index contributed by atoms with van der Waals surface area (Å²) in [6.45, 7) is 11.0. The van der Waals surface area contributed by atoms with Crippen LogP contribution in [0.1, 0.15) is 27.7 Å². The number of morpholine rings is 1. The maximum Gasteiger partial charge on any atom is 0.491 e. The number of aliphatic hydroxyl groups is 1. The van der Waals surface area contributed by atoms with E-state index in [2.05, 4.69) is 4.90 Å². The quantitative estimate of drug-likeness (QED) is 0.627. The molecule has 152 valence electrons. The van der Waals surface area contributed by atoms with E-state index in [-0.39, 0.29) is 0 Å². The van der Waals surface area contributed by atoms with E-state index in [0.29, 0.717) is 27.9 Å². The van der Waals surface area contributed by atoms with Crippen molar-refractivity contribution in [1.29, 1.82) is 0 Å². The molecule has 0 aliphatic carbocycles. The van der Waals surface area contributed by atoms with E-state index in [1.807, 2.05) is 0 Å². The van der Waals surface area contributed by atoms with Crippen LogP contribution in [0.4, 0.5) is 0 Å². The Morgan fingerprint density at radius 2 is 1.70 bits per heavy atom. The van der Waals surface area contributed by atoms with E-state index >= 15 is 0 Å². The lowest BCUT2D eigenvalue weighted by molar-refractivity contribution is -0.0982. The summed E-state index contributed by atoms with van der Waals surface area (Å²) in [5.74, 6) is 0.379. The van der Waals surface area contributed by atoms with E-state index in [0.717, 1.165) is 32.8 Å². The van der Waals surface area contributed by atoms with E-state index in [4.69, 9.17) is 37.3 Å². The zero-order valence-electron chi connectivity index (χ0n) is 16.3. The molecule has 1 aromatic rings. The molecule has 0 radical (unpaired) electrons. The second kappa shape index (κ2) is 9.31. The van der Waals surface area contributed by atoms with Crippen molar-refractivity contribution in [3.05, 3.63) is 22.2 Å². The predicted molar refractivity (Wildman–Crippen MR) is 108 cm³/mol. The van der Waals surface area contributed by atoms with Crippen molar-refractivity contribution in [2.24, 2.45) is 0 Å². The average molecular weight is 420 g/mol. The average Bonchev–Trinajstić information content (AvgIpc) is 2.56. The number of hydrogen-bond acceptors (Lipinski definition) is 6. The van der Waals surface area contributed by atoms with Crippen molar-refractivity contribution in [3.63, 3.8) is 0 Å². The van der Waals surface area contributed by atoms with Crippen LogP contribution in [-0.2, 0) is 9.39 Å². The molecule has 1 aliphatic heterocycles. The fraction of sp³-hybridized carbons (Fsp3) is 0.667. The lowest BCUT2D eigenvalue weighted by Gasteiger charge is -2.38. The number of nitrogens with zero attached hydrogens (tertiary/aromatic N) is 1. The van der Waals surface area contributed by atoms with Crippen LogP contribution in [0, 0.1) is 0 Å². The molecule has 0 saturated carbocycles. The Bertz CT molecular complexity index is 610. The third kappa shape index (κ3) is 6.22. The minimum atomic E-state index is -1.29. The Morgan fingerprint density at radius 3 is 2.22 bits per heavy atom. The van der Waals surface area contributed by atoms with E-state index in [9.17, 15) is 10.1 Å². The molecule has 0 spiro atoms. The summed E-state index contributed by atoms with van der Waals surface area (Å²) in [6, 6.07) is 3.12. The summed E-state index contributed by atoms with van der Waals surface area (Å²) in [4.78, 5) is 2.25. The normalized spacial score (nSPS) is 16.4. The molecule has 1 aromatic carbocycles. The number of halogens is 2. The van der Waals surface area contributed by atoms with Crippen molar-refractivity contribution in [2.45, 2.75) is 38.9 Å². The standard InChI is InChI=1S/C18H28BCl2NO5/c1-17(2,23)18(3,4)27-19(24)13-11-14(20)16(15(21)12-13)26-10-7-22-5-8-25-9-6-22/h11-12,23-24H,5-10H2,1-4H3. The van der Waals surface area contributed by atoms with Gasteiger partial charge < -0.3 is 24.3 Å². The van der Waals surface area contributed by atoms with Crippen molar-refractivity contribution in [1.82, 2.24) is 4.90 Å². The maximum absolute atomic E-state index is 10.4. The van der Waals surface area contributed by atoms with Gasteiger partial charge in [-0.15, -0.1) is 0 Å². The van der Waals surface area contributed by atoms with Gasteiger partial charge in [-0.3, -0.25) is 4.90 Å². The summed E-state index contributed by atoms with van der Waals surface area (Å²) in [5, 5.41) is 21.2. The Labute approximate surface area is 171 Å². The van der Waals surface area contributed by atoms with Crippen LogP contribution in [0.2, 0.25) is 10.0 Å². The van der Waals surface area contributed by atoms with E-state index in [1.165, 1.54) is 0 Å². The Balaban J connectivity index is 2.00. The highest BCUT2D eigenvalue weighted by Gasteiger charge is 2.39. The van der Waals surface area contributed by atoms with Gasteiger partial charge in [0.25, 0.3) is 0 Å². The summed E-state index contributed by atoms with van der Waals surface area (Å²) >= 11 is 12.6. The second-order valence-corrected chi connectivity index (χ2v) is 8.47. The van der Waals surface area contributed by atoms with Crippen LogP contribution in [0.15, 0.2) is 12.1 Å². The van der Waals surface area contributed by atoms with Gasteiger partial charge in [-0.25, -0.2) is 0 Å². The highest BCUT2D eigenvalue weighted by molar-refractivity contribution is 6.61. The summed E-state index contributed by atoms with van der Waals surface area (Å²) < 4.78 is 16.7. The van der Waals surface area contributed by atoms with Gasteiger partial charge in [-0.05, 0) is 45.3 Å². The first-order chi connectivity index (χ1) is 12.5. The Hall–Kier alpha value is -0.535. The zero-order valence-corrected chi connectivity index (χ0v) is 17.8. The fourth-order valence-electron chi connectivity index (χ4n) is 2.45. The molecule has 6 nitrogen and oxygen atoms in total. The molecule has 0 bridgehead atoms. The minimum Gasteiger partial charge on any atom is -0.489 e. The van der Waals surface area contributed by atoms with Crippen LogP contribution in [0.25, 0.3) is 0 Å². The van der Waals surface area contributed by atoms with Gasteiger partial charge in [0, 0.05) is 19.6 Å². The maximum atomic E-state index is 10.4. The molecule has 0 unspecified atom stereocenters. The van der Waals surface area contributed by atoms with E-state index < -0.39 is 18.3 Å². The number of hydrogen-bond donors (Lipinski definition) is 2. The third-order valence-corrected chi connectivity index (χ3v) is 5.50. The van der Waals surface area contributed by atoms with Crippen molar-refractivity contribution in [3.8, 4) is 5.75 Å². The highest BCUT2D eigenvalue weighted by atomic mass is 35.5. The van der Waals surface area contributed by atoms with Gasteiger partial charge in [0.15, 0.2) is 5.75 Å². The largest absolute Gasteiger partial charge is 0.491 e. The topological polar surface area (TPSA) is 71.4 Å². The molecule has 0 amide bonds. The smallest absolute Gasteiger partial charge is 0.489 e. The first kappa shape index (κ1) is 22.8. The fourth-order valence-corrected chi connectivity index (χ4v) is 3.07. The van der Waals surface area contributed by atoms with E-state index in [1.54, 1.807) is 39.8 Å². The van der Waals surface area contributed by atoms with Crippen molar-refractivity contribution in [2.75, 3.05) is 39.5 Å². The van der Waals surface area contributed by atoms with Gasteiger partial charge in [0.2, 0.25) is 0 Å². The molecule has 1 aliphatic rings. The molecule has 9 heteroatoms.